The predicted octanol–water partition coefficient (Wildman–Crippen LogP) is 8.14. The van der Waals surface area contributed by atoms with E-state index in [1.54, 1.807) is 99.2 Å². The number of likely N-dealkylation sites (tertiary alicyclic amines) is 2. The SMILES string of the molecule is CSC1CC(=O)N(CCCCCC(=O)C[C@H](C(=O)N[C@@H](C)C(=O)Cc2ccc(C(=O)CCCC[C@H](NC(=O)c3ccc4c(c3)CCN4Cc3cnc4nc(N)nc(N)c4n3)C(=O)O)c(-c3nn[nH]n3)c2)C(C)C)C1=O.CSC1CC(=O)N(CCCCCC(=O)C[C@H](C(=O)N[C@@H](C)C(=O)Cc2ccc(C(=O)CCCC[C@H](NC(=O)c3ccc4c(ccn4Cc4cnc5nc(N)nc(N)c5n4)c3)C(=O)O)c(-c3nn[nH]n3)c2)C(C)C)C1=O. The van der Waals surface area contributed by atoms with Crippen molar-refractivity contribution in [3.05, 3.63) is 148 Å². The lowest BCUT2D eigenvalue weighted by Crippen LogP contribution is -2.44. The number of tetrazole rings is 2. The number of ketones is 6. The highest BCUT2D eigenvalue weighted by molar-refractivity contribution is 8.00. The van der Waals surface area contributed by atoms with E-state index in [0.717, 1.165) is 22.2 Å². The Morgan fingerprint density at radius 2 is 0.940 bits per heavy atom. The lowest BCUT2D eigenvalue weighted by Gasteiger charge is -2.22. The molecule has 150 heavy (non-hydrogen) atoms. The highest BCUT2D eigenvalue weighted by atomic mass is 32.2. The molecule has 0 radical (unpaired) electrons. The Hall–Kier alpha value is -15.8. The number of fused-ring (bicyclic) bond motifs is 4. The van der Waals surface area contributed by atoms with Crippen LogP contribution in [0.25, 0.3) is 56.0 Å². The smallest absolute Gasteiger partial charge is 0.326 e. The number of carboxylic acids is 2. The minimum absolute atomic E-state index is 0.00548. The Morgan fingerprint density at radius 3 is 1.37 bits per heavy atom. The molecule has 790 valence electrons. The first-order valence-electron chi connectivity index (χ1n) is 49.7. The topological polar surface area (TPSA) is 692 Å². The van der Waals surface area contributed by atoms with Crippen LogP contribution in [0.1, 0.15) is 239 Å². The number of anilines is 5. The number of carbonyl (C=O) groups excluding carboxylic acids is 14. The number of hydrogen-bond acceptors (Lipinski definition) is 37. The third kappa shape index (κ3) is 29.0. The lowest BCUT2D eigenvalue weighted by molar-refractivity contribution is -0.140. The van der Waals surface area contributed by atoms with Gasteiger partial charge in [-0.25, -0.2) is 29.5 Å². The number of amides is 8. The standard InChI is InChI=1S/C51H62N14O9S.C51H60N14O9S/c2*1-27(2)35(23-33(66)10-6-5-9-18-65-42(69)24-41(75-4)49(65)72)48(71)55-28(3)40(68)21-29-13-15-34(36(20-29)45-60-62-63-61-45)39(67)12-8-7-11-37(50(73)74)57-47(70)31-14-16-38-30(22-31)17-19-64(38)26-32-25-54-46-43(56-32)44(52)58-51(53)59-46/h13-16,20,22,25,27-28,35,37,41H,5-12,17-19,21,23-24,26H2,1-4H3,(H,55,71)(H,57,70)(H,73,74)(H,60,61,62,63)(H4,52,53,54,58,59);13-17,19-20,22,25,27-28,35,37,41H,5-12,18,21,23-24,26H2,1-4H3,(H,55,71)(H,57,70)(H,73,74)(H,60,61,62,63)(H4,52,53,54,58,59)/t2*28-,35-,37-,41?/m00/s1. The summed E-state index contributed by atoms with van der Waals surface area (Å²) in [6.07, 6.45) is 15.0. The number of carboxylic acid groups (broad SMARTS) is 2. The van der Waals surface area contributed by atoms with E-state index >= 15 is 0 Å². The van der Waals surface area contributed by atoms with E-state index in [4.69, 9.17) is 22.9 Å². The normalized spacial score (nSPS) is 15.2. The molecule has 10 heterocycles. The molecule has 8 atom stereocenters. The van der Waals surface area contributed by atoms with E-state index in [-0.39, 0.29) is 215 Å². The summed E-state index contributed by atoms with van der Waals surface area (Å²) in [4.78, 5) is 246. The summed E-state index contributed by atoms with van der Waals surface area (Å²) in [6.45, 7) is 12.6. The zero-order valence-corrected chi connectivity index (χ0v) is 86.0. The number of aromatic amines is 2. The highest BCUT2D eigenvalue weighted by Gasteiger charge is 2.40. The Bertz CT molecular complexity index is 6900. The van der Waals surface area contributed by atoms with Crippen LogP contribution in [0.15, 0.2) is 97.5 Å². The number of nitrogens with one attached hydrogen (secondary N) is 6. The van der Waals surface area contributed by atoms with Crippen LogP contribution in [-0.2, 0) is 89.9 Å². The summed E-state index contributed by atoms with van der Waals surface area (Å²) < 4.78 is 1.91. The van der Waals surface area contributed by atoms with Gasteiger partial charge in [0, 0.05) is 152 Å². The van der Waals surface area contributed by atoms with Crippen LogP contribution in [-0.4, -0.2) is 266 Å². The quantitative estimate of drug-likeness (QED) is 0.00971. The Balaban J connectivity index is 0.000000250. The number of nitrogen functional groups attached to an aromatic ring is 4. The van der Waals surface area contributed by atoms with Crippen molar-refractivity contribution in [3.8, 4) is 22.8 Å². The summed E-state index contributed by atoms with van der Waals surface area (Å²) >= 11 is 2.74. The predicted molar refractivity (Wildman–Crippen MR) is 555 cm³/mol. The summed E-state index contributed by atoms with van der Waals surface area (Å²) in [5.74, 6) is -7.58. The van der Waals surface area contributed by atoms with E-state index in [1.807, 2.05) is 56.8 Å². The molecule has 4 aromatic carbocycles. The van der Waals surface area contributed by atoms with Crippen molar-refractivity contribution in [1.82, 2.24) is 117 Å². The molecule has 48 heteroatoms. The number of carbonyl (C=O) groups is 16. The number of nitrogens with two attached hydrogens (primary N) is 4. The van der Waals surface area contributed by atoms with Gasteiger partial charge in [0.15, 0.2) is 57.1 Å². The molecule has 3 aliphatic heterocycles. The van der Waals surface area contributed by atoms with E-state index in [9.17, 15) is 86.9 Å². The van der Waals surface area contributed by atoms with Crippen LogP contribution in [0.4, 0.5) is 29.2 Å². The number of thioether (sulfide) groups is 2. The largest absolute Gasteiger partial charge is 0.480 e. The van der Waals surface area contributed by atoms with Gasteiger partial charge < -0.3 is 63.9 Å². The van der Waals surface area contributed by atoms with Gasteiger partial charge in [-0.05, 0) is 178 Å². The molecule has 2 fully saturated rings. The van der Waals surface area contributed by atoms with Gasteiger partial charge in [-0.15, -0.1) is 20.4 Å². The Kier molecular flexibility index (Phi) is 38.4. The number of aromatic nitrogens is 17. The van der Waals surface area contributed by atoms with Crippen LogP contribution < -0.4 is 49.1 Å². The van der Waals surface area contributed by atoms with Crippen molar-refractivity contribution in [3.63, 3.8) is 0 Å². The average molecular weight is 2090 g/mol. The molecule has 7 aromatic heterocycles. The van der Waals surface area contributed by atoms with Crippen LogP contribution in [0.3, 0.4) is 0 Å². The minimum atomic E-state index is -1.23. The van der Waals surface area contributed by atoms with Gasteiger partial charge in [-0.2, -0.15) is 53.9 Å². The molecule has 2 unspecified atom stereocenters. The van der Waals surface area contributed by atoms with E-state index in [1.165, 1.54) is 33.3 Å². The fraction of sp³-hybridized carbons (Fsp3) is 0.451. The van der Waals surface area contributed by atoms with Gasteiger partial charge in [0.1, 0.15) is 23.7 Å². The number of hydrogen-bond donors (Lipinski definition) is 12. The monoisotopic (exact) mass is 2090 g/mol. The van der Waals surface area contributed by atoms with Crippen molar-refractivity contribution in [2.45, 2.75) is 237 Å². The second-order valence-electron chi connectivity index (χ2n) is 38.2. The molecule has 0 saturated carbocycles. The zero-order chi connectivity index (χ0) is 108. The van der Waals surface area contributed by atoms with Crippen molar-refractivity contribution in [2.24, 2.45) is 23.7 Å². The maximum atomic E-state index is 13.7. The van der Waals surface area contributed by atoms with Crippen LogP contribution in [0.5, 0.6) is 0 Å². The first-order chi connectivity index (χ1) is 71.8. The van der Waals surface area contributed by atoms with Gasteiger partial charge >= 0.3 is 11.9 Å². The van der Waals surface area contributed by atoms with Gasteiger partial charge in [0.05, 0.1) is 59.5 Å². The van der Waals surface area contributed by atoms with Crippen LogP contribution in [0.2, 0.25) is 0 Å². The molecule has 0 bridgehead atoms. The van der Waals surface area contributed by atoms with Gasteiger partial charge in [0.25, 0.3) is 11.8 Å². The number of nitrogens with zero attached hydrogens (tertiary/aromatic N) is 18. The number of unbranched alkanes of at least 4 members (excludes halogenated alkanes) is 6. The molecule has 46 nitrogen and oxygen atoms in total. The van der Waals surface area contributed by atoms with E-state index < -0.39 is 71.6 Å². The third-order valence-corrected chi connectivity index (χ3v) is 28.6. The zero-order valence-electron chi connectivity index (χ0n) is 84.4. The van der Waals surface area contributed by atoms with E-state index in [0.29, 0.717) is 159 Å². The highest BCUT2D eigenvalue weighted by Crippen LogP contribution is 2.35. The average Bonchev–Trinajstić information content (AvgIpc) is 1.76. The molecule has 0 aliphatic carbocycles. The fourth-order valence-electron chi connectivity index (χ4n) is 18.2. The number of imide groups is 2. The number of benzene rings is 4. The summed E-state index contributed by atoms with van der Waals surface area (Å²) in [6, 6.07) is 17.5. The van der Waals surface area contributed by atoms with Crippen molar-refractivity contribution < 1.29 is 86.9 Å². The van der Waals surface area contributed by atoms with Gasteiger partial charge in [-0.3, -0.25) is 76.9 Å². The molecule has 2 saturated heterocycles. The third-order valence-electron chi connectivity index (χ3n) is 26.8. The van der Waals surface area contributed by atoms with Gasteiger partial charge in [-0.1, -0.05) is 77.6 Å². The van der Waals surface area contributed by atoms with Crippen LogP contribution in [0, 0.1) is 23.7 Å². The number of Topliss-reactive ketones (excluding diaryl/α,β-unsaturated/α-hetero) is 6. The summed E-state index contributed by atoms with van der Waals surface area (Å²) in [5.41, 5.74) is 31.2. The first-order valence-corrected chi connectivity index (χ1v) is 52.2. The molecule has 14 rings (SSSR count). The fourth-order valence-corrected chi connectivity index (χ4v) is 19.5. The van der Waals surface area contributed by atoms with Crippen molar-refractivity contribution in [1.29, 1.82) is 0 Å². The lowest BCUT2D eigenvalue weighted by atomic mass is 9.88. The first kappa shape index (κ1) is 111. The molecular weight excluding hydrogens is 1970 g/mol. The molecule has 16 N–H and O–H groups in total. The number of aliphatic carboxylic acids is 2. The maximum Gasteiger partial charge on any atom is 0.326 e. The Morgan fingerprint density at radius 1 is 0.493 bits per heavy atom. The molecule has 11 aromatic rings. The second-order valence-corrected chi connectivity index (χ2v) is 40.3. The van der Waals surface area contributed by atoms with Crippen LogP contribution >= 0.6 is 23.5 Å². The number of rotatable bonds is 54. The minimum Gasteiger partial charge on any atom is -0.480 e. The molecular formula is C102H122N28O18S2. The number of H-pyrrole nitrogens is 2. The molecule has 3 aliphatic rings. The second kappa shape index (κ2) is 51.7. The summed E-state index contributed by atoms with van der Waals surface area (Å²) in [5, 5.41) is 59.2. The van der Waals surface area contributed by atoms with Crippen molar-refractivity contribution >= 4 is 180 Å². The summed E-state index contributed by atoms with van der Waals surface area (Å²) in [7, 11) is 0. The molecule has 0 spiro atoms. The maximum absolute atomic E-state index is 13.7. The van der Waals surface area contributed by atoms with Gasteiger partial charge in [0.2, 0.25) is 59.0 Å². The van der Waals surface area contributed by atoms with E-state index in [2.05, 4.69) is 107 Å². The van der Waals surface area contributed by atoms with Crippen molar-refractivity contribution in [2.75, 3.05) is 60.0 Å². The Labute approximate surface area is 869 Å². The molecule has 8 amide bonds.